The highest BCUT2D eigenvalue weighted by atomic mass is 35.5. The van der Waals surface area contributed by atoms with Crippen molar-refractivity contribution in [1.29, 1.82) is 0 Å². The first-order valence-corrected chi connectivity index (χ1v) is 5.36. The molecule has 0 aliphatic heterocycles. The van der Waals surface area contributed by atoms with E-state index < -0.39 is 0 Å². The summed E-state index contributed by atoms with van der Waals surface area (Å²) in [5.74, 6) is 6.05. The molecule has 90 valence electrons. The minimum atomic E-state index is 0.212. The van der Waals surface area contributed by atoms with Crippen LogP contribution in [0.2, 0.25) is 5.02 Å². The van der Waals surface area contributed by atoms with Crippen LogP contribution in [-0.2, 0) is 4.74 Å². The molecule has 0 aliphatic carbocycles. The van der Waals surface area contributed by atoms with E-state index in [0.717, 1.165) is 0 Å². The van der Waals surface area contributed by atoms with Gasteiger partial charge in [-0.3, -0.25) is 5.43 Å². The number of aromatic nitrogens is 2. The molecule has 16 heavy (non-hydrogen) atoms. The number of nitrogens with two attached hydrogens (primary N) is 1. The van der Waals surface area contributed by atoms with Crippen LogP contribution in [0.3, 0.4) is 0 Å². The molecule has 0 saturated carbocycles. The van der Waals surface area contributed by atoms with Crippen LogP contribution in [0, 0.1) is 0 Å². The molecule has 1 rings (SSSR count). The van der Waals surface area contributed by atoms with Crippen molar-refractivity contribution in [3.63, 3.8) is 0 Å². The van der Waals surface area contributed by atoms with E-state index in [0.29, 0.717) is 29.9 Å². The van der Waals surface area contributed by atoms with Gasteiger partial charge in [0.05, 0.1) is 18.9 Å². The summed E-state index contributed by atoms with van der Waals surface area (Å²) >= 11 is 5.90. The fraction of sp³-hybridized carbons (Fsp3) is 0.556. The second-order valence-electron chi connectivity index (χ2n) is 3.38. The molecular formula is C9H16ClN5O. The van der Waals surface area contributed by atoms with Gasteiger partial charge in [0.1, 0.15) is 5.02 Å². The molecule has 7 heteroatoms. The number of hydrogen-bond donors (Lipinski definition) is 3. The highest BCUT2D eigenvalue weighted by Gasteiger charge is 2.03. The molecule has 0 unspecified atom stereocenters. The van der Waals surface area contributed by atoms with Crippen LogP contribution < -0.4 is 16.6 Å². The Morgan fingerprint density at radius 1 is 1.56 bits per heavy atom. The number of rotatable bonds is 6. The monoisotopic (exact) mass is 245 g/mol. The summed E-state index contributed by atoms with van der Waals surface area (Å²) < 4.78 is 5.37. The maximum atomic E-state index is 5.90. The van der Waals surface area contributed by atoms with Crippen LogP contribution in [0.1, 0.15) is 13.8 Å². The van der Waals surface area contributed by atoms with Crippen LogP contribution in [0.25, 0.3) is 0 Å². The van der Waals surface area contributed by atoms with Gasteiger partial charge in [-0.15, -0.1) is 0 Å². The SMILES string of the molecule is CC(C)OCCNc1nc(NN)ncc1Cl. The Kier molecular flexibility index (Phi) is 5.24. The zero-order chi connectivity index (χ0) is 12.0. The van der Waals surface area contributed by atoms with Crippen molar-refractivity contribution < 1.29 is 4.74 Å². The molecule has 0 saturated heterocycles. The fourth-order valence-electron chi connectivity index (χ4n) is 1.02. The molecule has 0 atom stereocenters. The van der Waals surface area contributed by atoms with Gasteiger partial charge in [0, 0.05) is 6.54 Å². The second kappa shape index (κ2) is 6.47. The molecule has 0 spiro atoms. The van der Waals surface area contributed by atoms with Crippen molar-refractivity contribution in [2.45, 2.75) is 20.0 Å². The molecule has 0 fully saturated rings. The first-order valence-electron chi connectivity index (χ1n) is 4.98. The lowest BCUT2D eigenvalue weighted by Gasteiger charge is -2.10. The Morgan fingerprint density at radius 2 is 2.31 bits per heavy atom. The van der Waals surface area contributed by atoms with E-state index in [2.05, 4.69) is 20.7 Å². The second-order valence-corrected chi connectivity index (χ2v) is 3.79. The van der Waals surface area contributed by atoms with Crippen LogP contribution >= 0.6 is 11.6 Å². The number of nitrogen functional groups attached to an aromatic ring is 1. The van der Waals surface area contributed by atoms with E-state index in [1.165, 1.54) is 6.20 Å². The lowest BCUT2D eigenvalue weighted by molar-refractivity contribution is 0.0870. The first kappa shape index (κ1) is 13.0. The van der Waals surface area contributed by atoms with Crippen LogP contribution in [0.4, 0.5) is 11.8 Å². The number of nitrogens with zero attached hydrogens (tertiary/aromatic N) is 2. The topological polar surface area (TPSA) is 85.1 Å². The molecule has 1 heterocycles. The zero-order valence-corrected chi connectivity index (χ0v) is 10.1. The van der Waals surface area contributed by atoms with Crippen molar-refractivity contribution in [1.82, 2.24) is 9.97 Å². The van der Waals surface area contributed by atoms with Crippen molar-refractivity contribution >= 4 is 23.4 Å². The Morgan fingerprint density at radius 3 is 2.94 bits per heavy atom. The maximum absolute atomic E-state index is 5.90. The summed E-state index contributed by atoms with van der Waals surface area (Å²) in [6.07, 6.45) is 1.69. The molecule has 6 nitrogen and oxygen atoms in total. The van der Waals surface area contributed by atoms with Crippen molar-refractivity contribution in [2.75, 3.05) is 23.9 Å². The first-order chi connectivity index (χ1) is 7.63. The quantitative estimate of drug-likeness (QED) is 0.397. The highest BCUT2D eigenvalue weighted by Crippen LogP contribution is 2.18. The molecule has 1 aromatic rings. The Labute approximate surface area is 99.5 Å². The van der Waals surface area contributed by atoms with E-state index in [1.54, 1.807) is 0 Å². The number of anilines is 2. The van der Waals surface area contributed by atoms with E-state index in [-0.39, 0.29) is 6.10 Å². The third kappa shape index (κ3) is 4.18. The summed E-state index contributed by atoms with van der Waals surface area (Å²) in [7, 11) is 0. The average Bonchev–Trinajstić information content (AvgIpc) is 2.26. The third-order valence-corrected chi connectivity index (χ3v) is 2.00. The molecule has 4 N–H and O–H groups in total. The number of halogens is 1. The minimum Gasteiger partial charge on any atom is -0.377 e. The zero-order valence-electron chi connectivity index (χ0n) is 9.33. The lowest BCUT2D eigenvalue weighted by atomic mass is 10.5. The minimum absolute atomic E-state index is 0.212. The molecule has 0 radical (unpaired) electrons. The maximum Gasteiger partial charge on any atom is 0.239 e. The highest BCUT2D eigenvalue weighted by molar-refractivity contribution is 6.32. The van der Waals surface area contributed by atoms with Gasteiger partial charge < -0.3 is 10.1 Å². The summed E-state index contributed by atoms with van der Waals surface area (Å²) in [5.41, 5.74) is 2.35. The predicted octanol–water partition coefficient (Wildman–Crippen LogP) is 1.25. The van der Waals surface area contributed by atoms with Crippen LogP contribution in [0.5, 0.6) is 0 Å². The van der Waals surface area contributed by atoms with E-state index in [4.69, 9.17) is 22.2 Å². The summed E-state index contributed by atoms with van der Waals surface area (Å²) in [6, 6.07) is 0. The largest absolute Gasteiger partial charge is 0.377 e. The standard InChI is InChI=1S/C9H16ClN5O/c1-6(2)16-4-3-12-8-7(10)5-13-9(14-8)15-11/h5-6H,3-4,11H2,1-2H3,(H2,12,13,14,15). The van der Waals surface area contributed by atoms with Gasteiger partial charge in [-0.25, -0.2) is 10.8 Å². The Bertz CT molecular complexity index is 334. The van der Waals surface area contributed by atoms with Gasteiger partial charge in [-0.05, 0) is 13.8 Å². The van der Waals surface area contributed by atoms with Gasteiger partial charge in [0.15, 0.2) is 5.82 Å². The van der Waals surface area contributed by atoms with E-state index >= 15 is 0 Å². The van der Waals surface area contributed by atoms with Gasteiger partial charge in [0.2, 0.25) is 5.95 Å². The normalized spacial score (nSPS) is 10.6. The van der Waals surface area contributed by atoms with Crippen LogP contribution in [-0.4, -0.2) is 29.2 Å². The summed E-state index contributed by atoms with van der Waals surface area (Å²) in [4.78, 5) is 7.93. The van der Waals surface area contributed by atoms with Crippen molar-refractivity contribution in [3.05, 3.63) is 11.2 Å². The van der Waals surface area contributed by atoms with Gasteiger partial charge in [-0.2, -0.15) is 4.98 Å². The fourth-order valence-corrected chi connectivity index (χ4v) is 1.18. The average molecular weight is 246 g/mol. The smallest absolute Gasteiger partial charge is 0.239 e. The Hall–Kier alpha value is -1.11. The van der Waals surface area contributed by atoms with Crippen LogP contribution in [0.15, 0.2) is 6.20 Å². The summed E-state index contributed by atoms with van der Waals surface area (Å²) in [5, 5.41) is 3.49. The summed E-state index contributed by atoms with van der Waals surface area (Å²) in [6.45, 7) is 5.17. The van der Waals surface area contributed by atoms with Crippen molar-refractivity contribution in [3.8, 4) is 0 Å². The molecular weight excluding hydrogens is 230 g/mol. The molecule has 1 aromatic heterocycles. The molecule has 0 amide bonds. The molecule has 0 aromatic carbocycles. The third-order valence-electron chi connectivity index (χ3n) is 1.72. The molecule has 0 aliphatic rings. The van der Waals surface area contributed by atoms with Gasteiger partial charge in [-0.1, -0.05) is 11.6 Å². The van der Waals surface area contributed by atoms with Gasteiger partial charge in [0.25, 0.3) is 0 Å². The Balaban J connectivity index is 2.46. The van der Waals surface area contributed by atoms with E-state index in [1.807, 2.05) is 13.8 Å². The van der Waals surface area contributed by atoms with E-state index in [9.17, 15) is 0 Å². The number of hydrazine groups is 1. The predicted molar refractivity (Wildman–Crippen MR) is 64.4 cm³/mol. The number of hydrogen-bond acceptors (Lipinski definition) is 6. The lowest BCUT2D eigenvalue weighted by Crippen LogP contribution is -2.16. The molecule has 0 bridgehead atoms. The van der Waals surface area contributed by atoms with Gasteiger partial charge >= 0.3 is 0 Å². The number of ether oxygens (including phenoxy) is 1. The van der Waals surface area contributed by atoms with Crippen molar-refractivity contribution in [2.24, 2.45) is 5.84 Å². The number of nitrogens with one attached hydrogen (secondary N) is 2.